The normalized spacial score (nSPS) is 10.3. The summed E-state index contributed by atoms with van der Waals surface area (Å²) in [4.78, 5) is 6.69. The summed E-state index contributed by atoms with van der Waals surface area (Å²) in [7, 11) is 0. The summed E-state index contributed by atoms with van der Waals surface area (Å²) < 4.78 is 0. The molecule has 1 nitrogen and oxygen atoms in total. The molecular weight excluding hydrogens is 202 g/mol. The van der Waals surface area contributed by atoms with E-state index < -0.39 is 0 Å². The second kappa shape index (κ2) is 3.48. The maximum Gasteiger partial charge on any atom is 0.129 e. The smallest absolute Gasteiger partial charge is 0.129 e. The van der Waals surface area contributed by atoms with Crippen molar-refractivity contribution in [2.45, 2.75) is 6.92 Å². The Hall–Kier alpha value is -0.860. The van der Waals surface area contributed by atoms with Crippen molar-refractivity contribution in [2.24, 2.45) is 0 Å². The fourth-order valence-electron chi connectivity index (χ4n) is 1.12. The maximum atomic E-state index is 5.80. The lowest BCUT2D eigenvalue weighted by Crippen LogP contribution is -1.78. The van der Waals surface area contributed by atoms with E-state index in [4.69, 9.17) is 11.6 Å². The summed E-state index contributed by atoms with van der Waals surface area (Å²) in [6.45, 7) is 2.08. The first-order chi connectivity index (χ1) is 6.25. The van der Waals surface area contributed by atoms with Gasteiger partial charge in [-0.3, -0.25) is 0 Å². The average molecular weight is 210 g/mol. The van der Waals surface area contributed by atoms with Gasteiger partial charge in [0.1, 0.15) is 5.15 Å². The van der Waals surface area contributed by atoms with Crippen LogP contribution in [0, 0.1) is 6.92 Å². The highest BCUT2D eigenvalue weighted by molar-refractivity contribution is 7.15. The Morgan fingerprint density at radius 2 is 2.08 bits per heavy atom. The topological polar surface area (TPSA) is 12.9 Å². The number of hydrogen-bond donors (Lipinski definition) is 0. The Morgan fingerprint density at radius 1 is 1.23 bits per heavy atom. The third-order valence-electron chi connectivity index (χ3n) is 1.71. The van der Waals surface area contributed by atoms with Gasteiger partial charge in [0.05, 0.1) is 10.6 Å². The number of halogens is 1. The van der Waals surface area contributed by atoms with Gasteiger partial charge in [0.25, 0.3) is 0 Å². The molecule has 3 heteroatoms. The molecule has 0 spiro atoms. The van der Waals surface area contributed by atoms with Crippen LogP contribution in [0.2, 0.25) is 5.15 Å². The van der Waals surface area contributed by atoms with Crippen LogP contribution in [-0.4, -0.2) is 4.98 Å². The van der Waals surface area contributed by atoms with E-state index in [1.807, 2.05) is 12.1 Å². The molecule has 13 heavy (non-hydrogen) atoms. The van der Waals surface area contributed by atoms with Crippen LogP contribution in [0.25, 0.3) is 10.6 Å². The zero-order valence-corrected chi connectivity index (χ0v) is 8.69. The van der Waals surface area contributed by atoms with Crippen molar-refractivity contribution in [3.8, 4) is 10.6 Å². The predicted molar refractivity (Wildman–Crippen MR) is 57.3 cm³/mol. The first kappa shape index (κ1) is 8.73. The first-order valence-electron chi connectivity index (χ1n) is 3.95. The molecule has 2 aromatic heterocycles. The van der Waals surface area contributed by atoms with E-state index >= 15 is 0 Å². The standard InChI is InChI=1S/C10H8ClNS/c1-7-5-6-9(13-7)8-3-2-4-10(11)12-8/h2-6H,1H3. The van der Waals surface area contributed by atoms with E-state index in [-0.39, 0.29) is 0 Å². The third kappa shape index (κ3) is 1.90. The zero-order chi connectivity index (χ0) is 9.26. The number of aryl methyl sites for hydroxylation is 1. The molecule has 0 atom stereocenters. The summed E-state index contributed by atoms with van der Waals surface area (Å²) in [5, 5.41) is 0.545. The highest BCUT2D eigenvalue weighted by atomic mass is 35.5. The Morgan fingerprint density at radius 3 is 2.69 bits per heavy atom. The van der Waals surface area contributed by atoms with Crippen LogP contribution in [0.1, 0.15) is 4.88 Å². The van der Waals surface area contributed by atoms with E-state index in [1.165, 1.54) is 9.75 Å². The Labute approximate surface area is 86.0 Å². The van der Waals surface area contributed by atoms with Crippen molar-refractivity contribution in [3.63, 3.8) is 0 Å². The van der Waals surface area contributed by atoms with Crippen molar-refractivity contribution in [3.05, 3.63) is 40.4 Å². The van der Waals surface area contributed by atoms with Gasteiger partial charge in [0.15, 0.2) is 0 Å². The number of pyridine rings is 1. The van der Waals surface area contributed by atoms with E-state index in [1.54, 1.807) is 17.4 Å². The van der Waals surface area contributed by atoms with E-state index in [2.05, 4.69) is 24.0 Å². The minimum Gasteiger partial charge on any atom is -0.235 e. The molecule has 2 heterocycles. The highest BCUT2D eigenvalue weighted by Gasteiger charge is 2.01. The number of aromatic nitrogens is 1. The van der Waals surface area contributed by atoms with Gasteiger partial charge in [0.2, 0.25) is 0 Å². The molecule has 0 aliphatic carbocycles. The molecule has 0 bridgehead atoms. The van der Waals surface area contributed by atoms with Gasteiger partial charge in [-0.2, -0.15) is 0 Å². The minimum atomic E-state index is 0.545. The fraction of sp³-hybridized carbons (Fsp3) is 0.100. The van der Waals surface area contributed by atoms with Crippen molar-refractivity contribution in [1.29, 1.82) is 0 Å². The molecule has 0 aliphatic rings. The lowest BCUT2D eigenvalue weighted by molar-refractivity contribution is 1.34. The molecule has 0 saturated carbocycles. The summed E-state index contributed by atoms with van der Waals surface area (Å²) >= 11 is 7.52. The van der Waals surface area contributed by atoms with Crippen molar-refractivity contribution in [1.82, 2.24) is 4.98 Å². The first-order valence-corrected chi connectivity index (χ1v) is 5.14. The Balaban J connectivity index is 2.46. The summed E-state index contributed by atoms with van der Waals surface area (Å²) in [5.74, 6) is 0. The number of nitrogens with zero attached hydrogens (tertiary/aromatic N) is 1. The SMILES string of the molecule is Cc1ccc(-c2cccc(Cl)n2)s1. The van der Waals surface area contributed by atoms with E-state index in [0.717, 1.165) is 5.69 Å². The Kier molecular flexibility index (Phi) is 2.34. The molecule has 0 aliphatic heterocycles. The second-order valence-corrected chi connectivity index (χ2v) is 4.43. The molecular formula is C10H8ClNS. The van der Waals surface area contributed by atoms with Crippen LogP contribution in [-0.2, 0) is 0 Å². The number of hydrogen-bond acceptors (Lipinski definition) is 2. The minimum absolute atomic E-state index is 0.545. The largest absolute Gasteiger partial charge is 0.235 e. The van der Waals surface area contributed by atoms with Crippen LogP contribution in [0.3, 0.4) is 0 Å². The molecule has 2 aromatic rings. The van der Waals surface area contributed by atoms with Gasteiger partial charge in [-0.25, -0.2) is 4.98 Å². The quantitative estimate of drug-likeness (QED) is 0.652. The van der Waals surface area contributed by atoms with Gasteiger partial charge >= 0.3 is 0 Å². The molecule has 66 valence electrons. The molecule has 0 aromatic carbocycles. The van der Waals surface area contributed by atoms with Gasteiger partial charge in [-0.15, -0.1) is 11.3 Å². The van der Waals surface area contributed by atoms with Crippen molar-refractivity contribution in [2.75, 3.05) is 0 Å². The monoisotopic (exact) mass is 209 g/mol. The van der Waals surface area contributed by atoms with E-state index in [0.29, 0.717) is 5.15 Å². The fourth-order valence-corrected chi connectivity index (χ4v) is 2.12. The highest BCUT2D eigenvalue weighted by Crippen LogP contribution is 2.26. The van der Waals surface area contributed by atoms with Crippen molar-refractivity contribution < 1.29 is 0 Å². The van der Waals surface area contributed by atoms with E-state index in [9.17, 15) is 0 Å². The summed E-state index contributed by atoms with van der Waals surface area (Å²) in [6, 6.07) is 9.82. The third-order valence-corrected chi connectivity index (χ3v) is 2.94. The lowest BCUT2D eigenvalue weighted by Gasteiger charge is -1.95. The van der Waals surface area contributed by atoms with Crippen LogP contribution >= 0.6 is 22.9 Å². The van der Waals surface area contributed by atoms with Gasteiger partial charge < -0.3 is 0 Å². The van der Waals surface area contributed by atoms with Crippen LogP contribution in [0.15, 0.2) is 30.3 Å². The van der Waals surface area contributed by atoms with Crippen molar-refractivity contribution >= 4 is 22.9 Å². The molecule has 0 amide bonds. The van der Waals surface area contributed by atoms with Crippen LogP contribution in [0.4, 0.5) is 0 Å². The predicted octanol–water partition coefficient (Wildman–Crippen LogP) is 3.77. The molecule has 0 saturated heterocycles. The average Bonchev–Trinajstić information content (AvgIpc) is 2.52. The maximum absolute atomic E-state index is 5.80. The zero-order valence-electron chi connectivity index (χ0n) is 7.12. The number of thiophene rings is 1. The van der Waals surface area contributed by atoms with Crippen LogP contribution in [0.5, 0.6) is 0 Å². The van der Waals surface area contributed by atoms with Crippen LogP contribution < -0.4 is 0 Å². The van der Waals surface area contributed by atoms with Gasteiger partial charge in [0, 0.05) is 4.88 Å². The molecule has 0 fully saturated rings. The summed E-state index contributed by atoms with van der Waals surface area (Å²) in [6.07, 6.45) is 0. The lowest BCUT2D eigenvalue weighted by atomic mass is 10.3. The molecule has 2 rings (SSSR count). The molecule has 0 N–H and O–H groups in total. The molecule has 0 unspecified atom stereocenters. The summed E-state index contributed by atoms with van der Waals surface area (Å²) in [5.41, 5.74) is 0.950. The number of rotatable bonds is 1. The second-order valence-electron chi connectivity index (χ2n) is 2.76. The molecule has 0 radical (unpaired) electrons. The van der Waals surface area contributed by atoms with Gasteiger partial charge in [-0.05, 0) is 31.2 Å². The van der Waals surface area contributed by atoms with Gasteiger partial charge in [-0.1, -0.05) is 17.7 Å². The Bertz CT molecular complexity index is 422.